The van der Waals surface area contributed by atoms with Gasteiger partial charge in [-0.15, -0.1) is 0 Å². The first-order chi connectivity index (χ1) is 12.8. The molecule has 1 aliphatic heterocycles. The first-order valence-corrected chi connectivity index (χ1v) is 9.37. The smallest absolute Gasteiger partial charge is 0.338 e. The maximum atomic E-state index is 12.1. The topological polar surface area (TPSA) is 120 Å². The lowest BCUT2D eigenvalue weighted by Gasteiger charge is -2.26. The normalized spacial score (nSPS) is 16.4. The Morgan fingerprint density at radius 2 is 1.89 bits per heavy atom. The summed E-state index contributed by atoms with van der Waals surface area (Å²) in [6.45, 7) is 6.99. The molecule has 1 aromatic heterocycles. The largest absolute Gasteiger partial charge is 0.463 e. The third-order valence-corrected chi connectivity index (χ3v) is 4.34. The molecule has 2 heterocycles. The summed E-state index contributed by atoms with van der Waals surface area (Å²) in [6.07, 6.45) is 0. The van der Waals surface area contributed by atoms with E-state index in [0.29, 0.717) is 5.16 Å². The Hall–Kier alpha value is -2.62. The summed E-state index contributed by atoms with van der Waals surface area (Å²) < 4.78 is 10.2. The van der Waals surface area contributed by atoms with E-state index < -0.39 is 24.0 Å². The van der Waals surface area contributed by atoms with Gasteiger partial charge in [0.1, 0.15) is 6.61 Å². The van der Waals surface area contributed by atoms with Crippen molar-refractivity contribution in [1.82, 2.24) is 20.6 Å². The molecule has 0 fully saturated rings. The molecule has 2 amide bonds. The second kappa shape index (κ2) is 9.36. The highest BCUT2D eigenvalue weighted by molar-refractivity contribution is 7.99. The van der Waals surface area contributed by atoms with Crippen molar-refractivity contribution in [3.63, 3.8) is 0 Å². The molecule has 0 aromatic carbocycles. The number of ether oxygens (including phenoxy) is 2. The van der Waals surface area contributed by atoms with Crippen molar-refractivity contribution in [3.05, 3.63) is 28.7 Å². The number of nitrogens with one attached hydrogen (secondary N) is 2. The van der Waals surface area contributed by atoms with E-state index in [1.54, 1.807) is 13.8 Å². The van der Waals surface area contributed by atoms with E-state index in [9.17, 15) is 14.4 Å². The SMILES string of the molecule is CCOC(=O)C1=C(COC(=O)CSc2nc(C)cc(C)n2)NC(=O)NC1C. The van der Waals surface area contributed by atoms with Crippen molar-refractivity contribution < 1.29 is 23.9 Å². The Bertz CT molecular complexity index is 760. The first kappa shape index (κ1) is 20.7. The van der Waals surface area contributed by atoms with Crippen molar-refractivity contribution >= 4 is 29.7 Å². The zero-order chi connectivity index (χ0) is 20.0. The third kappa shape index (κ3) is 5.95. The van der Waals surface area contributed by atoms with Crippen LogP contribution in [-0.2, 0) is 19.1 Å². The molecule has 1 unspecified atom stereocenters. The van der Waals surface area contributed by atoms with Crippen LogP contribution in [0.4, 0.5) is 4.79 Å². The molecule has 146 valence electrons. The van der Waals surface area contributed by atoms with Crippen LogP contribution < -0.4 is 10.6 Å². The first-order valence-electron chi connectivity index (χ1n) is 8.38. The number of thioether (sulfide) groups is 1. The fraction of sp³-hybridized carbons (Fsp3) is 0.471. The zero-order valence-electron chi connectivity index (χ0n) is 15.6. The average Bonchev–Trinajstić information content (AvgIpc) is 2.57. The molecule has 2 rings (SSSR count). The number of aromatic nitrogens is 2. The van der Waals surface area contributed by atoms with E-state index in [2.05, 4.69) is 20.6 Å². The van der Waals surface area contributed by atoms with Crippen molar-refractivity contribution in [1.29, 1.82) is 0 Å². The standard InChI is InChI=1S/C17H22N4O5S/c1-5-25-15(23)14-11(4)20-16(24)21-12(14)7-26-13(22)8-27-17-18-9(2)6-10(3)19-17/h6,11H,5,7-8H2,1-4H3,(H2,20,21,24). The summed E-state index contributed by atoms with van der Waals surface area (Å²) in [5.41, 5.74) is 2.07. The van der Waals surface area contributed by atoms with Gasteiger partial charge in [-0.25, -0.2) is 19.6 Å². The van der Waals surface area contributed by atoms with Crippen molar-refractivity contribution in [3.8, 4) is 0 Å². The lowest BCUT2D eigenvalue weighted by Crippen LogP contribution is -2.50. The number of aryl methyl sites for hydroxylation is 2. The number of urea groups is 1. The molecule has 0 spiro atoms. The van der Waals surface area contributed by atoms with E-state index in [-0.39, 0.29) is 30.2 Å². The van der Waals surface area contributed by atoms with Gasteiger partial charge in [-0.2, -0.15) is 0 Å². The minimum atomic E-state index is -0.568. The minimum Gasteiger partial charge on any atom is -0.463 e. The van der Waals surface area contributed by atoms with Crippen LogP contribution in [0.1, 0.15) is 25.2 Å². The highest BCUT2D eigenvalue weighted by atomic mass is 32.2. The van der Waals surface area contributed by atoms with Gasteiger partial charge in [-0.3, -0.25) is 4.79 Å². The van der Waals surface area contributed by atoms with Gasteiger partial charge in [0.05, 0.1) is 29.7 Å². The van der Waals surface area contributed by atoms with Crippen LogP contribution in [0.2, 0.25) is 0 Å². The predicted molar refractivity (Wildman–Crippen MR) is 98.0 cm³/mol. The van der Waals surface area contributed by atoms with Crippen LogP contribution >= 0.6 is 11.8 Å². The number of esters is 2. The summed E-state index contributed by atoms with van der Waals surface area (Å²) in [5.74, 6) is -1.08. The summed E-state index contributed by atoms with van der Waals surface area (Å²) in [7, 11) is 0. The van der Waals surface area contributed by atoms with Crippen LogP contribution in [0.15, 0.2) is 22.5 Å². The Kier molecular flexibility index (Phi) is 7.17. The summed E-state index contributed by atoms with van der Waals surface area (Å²) in [6, 6.07) is 0.816. The number of rotatable bonds is 7. The van der Waals surface area contributed by atoms with Gasteiger partial charge < -0.3 is 20.1 Å². The Morgan fingerprint density at radius 1 is 1.22 bits per heavy atom. The van der Waals surface area contributed by atoms with Crippen molar-refractivity contribution in [2.24, 2.45) is 0 Å². The van der Waals surface area contributed by atoms with E-state index in [0.717, 1.165) is 23.1 Å². The van der Waals surface area contributed by atoms with E-state index in [1.807, 2.05) is 19.9 Å². The number of carbonyl (C=O) groups is 3. The molecular weight excluding hydrogens is 372 g/mol. The van der Waals surface area contributed by atoms with E-state index in [1.165, 1.54) is 0 Å². The molecule has 0 saturated carbocycles. The molecule has 0 aliphatic carbocycles. The zero-order valence-corrected chi connectivity index (χ0v) is 16.4. The lowest BCUT2D eigenvalue weighted by molar-refractivity contribution is -0.141. The van der Waals surface area contributed by atoms with E-state index >= 15 is 0 Å². The molecule has 9 nitrogen and oxygen atoms in total. The van der Waals surface area contributed by atoms with Crippen LogP contribution in [-0.4, -0.2) is 52.9 Å². The molecule has 2 N–H and O–H groups in total. The van der Waals surface area contributed by atoms with Crippen LogP contribution in [0.25, 0.3) is 0 Å². The van der Waals surface area contributed by atoms with Gasteiger partial charge in [-0.05, 0) is 33.8 Å². The molecule has 10 heteroatoms. The second-order valence-corrected chi connectivity index (χ2v) is 6.76. The van der Waals surface area contributed by atoms with Crippen molar-refractivity contribution in [2.75, 3.05) is 19.0 Å². The van der Waals surface area contributed by atoms with Gasteiger partial charge in [0.2, 0.25) is 0 Å². The lowest BCUT2D eigenvalue weighted by atomic mass is 10.0. The minimum absolute atomic E-state index is 0.00661. The molecule has 27 heavy (non-hydrogen) atoms. The van der Waals surface area contributed by atoms with Crippen LogP contribution in [0.5, 0.6) is 0 Å². The molecule has 1 aromatic rings. The second-order valence-electron chi connectivity index (χ2n) is 5.82. The summed E-state index contributed by atoms with van der Waals surface area (Å²) >= 11 is 1.16. The highest BCUT2D eigenvalue weighted by Crippen LogP contribution is 2.17. The van der Waals surface area contributed by atoms with Gasteiger partial charge in [0.15, 0.2) is 5.16 Å². The third-order valence-electron chi connectivity index (χ3n) is 3.52. The number of hydrogen-bond acceptors (Lipinski definition) is 8. The van der Waals surface area contributed by atoms with Crippen molar-refractivity contribution in [2.45, 2.75) is 38.9 Å². The molecular formula is C17H22N4O5S. The number of nitrogens with zero attached hydrogens (tertiary/aromatic N) is 2. The van der Waals surface area contributed by atoms with E-state index in [4.69, 9.17) is 9.47 Å². The Balaban J connectivity index is 1.99. The monoisotopic (exact) mass is 394 g/mol. The van der Waals surface area contributed by atoms with Gasteiger partial charge >= 0.3 is 18.0 Å². The maximum Gasteiger partial charge on any atom is 0.338 e. The van der Waals surface area contributed by atoms with Gasteiger partial charge in [0, 0.05) is 11.4 Å². The number of hydrogen-bond donors (Lipinski definition) is 2. The molecule has 0 bridgehead atoms. The average molecular weight is 394 g/mol. The molecule has 0 saturated heterocycles. The molecule has 1 atom stereocenters. The highest BCUT2D eigenvalue weighted by Gasteiger charge is 2.30. The van der Waals surface area contributed by atoms with Gasteiger partial charge in [-0.1, -0.05) is 11.8 Å². The maximum absolute atomic E-state index is 12.1. The molecule has 1 aliphatic rings. The van der Waals surface area contributed by atoms with Crippen LogP contribution in [0, 0.1) is 13.8 Å². The van der Waals surface area contributed by atoms with Crippen LogP contribution in [0.3, 0.4) is 0 Å². The number of amides is 2. The van der Waals surface area contributed by atoms with Gasteiger partial charge in [0.25, 0.3) is 0 Å². The fourth-order valence-electron chi connectivity index (χ4n) is 2.47. The Labute approximate surface area is 161 Å². The molecule has 0 radical (unpaired) electrons. The Morgan fingerprint density at radius 3 is 2.52 bits per heavy atom. The summed E-state index contributed by atoms with van der Waals surface area (Å²) in [4.78, 5) is 44.3. The summed E-state index contributed by atoms with van der Waals surface area (Å²) in [5, 5.41) is 5.56. The quantitative estimate of drug-likeness (QED) is 0.403. The number of carbonyl (C=O) groups excluding carboxylic acids is 3. The fourth-order valence-corrected chi connectivity index (χ4v) is 3.22. The predicted octanol–water partition coefficient (Wildman–Crippen LogP) is 1.25.